The first-order valence-electron chi connectivity index (χ1n) is 5.63. The zero-order chi connectivity index (χ0) is 10.7. The third-order valence-electron chi connectivity index (χ3n) is 3.04. The van der Waals surface area contributed by atoms with Gasteiger partial charge in [-0.1, -0.05) is 0 Å². The minimum Gasteiger partial charge on any atom is -0.465 e. The molecule has 15 heavy (non-hydrogen) atoms. The Bertz CT molecular complexity index is 308. The summed E-state index contributed by atoms with van der Waals surface area (Å²) in [6.07, 6.45) is 1.57. The molecule has 1 fully saturated rings. The van der Waals surface area contributed by atoms with Gasteiger partial charge in [-0.2, -0.15) is 0 Å². The third-order valence-corrected chi connectivity index (χ3v) is 3.04. The highest BCUT2D eigenvalue weighted by Crippen LogP contribution is 2.19. The quantitative estimate of drug-likeness (QED) is 0.824. The number of nitrogens with one attached hydrogen (secondary N) is 1. The zero-order valence-electron chi connectivity index (χ0n) is 9.45. The highest BCUT2D eigenvalue weighted by Gasteiger charge is 2.23. The summed E-state index contributed by atoms with van der Waals surface area (Å²) in [7, 11) is 0. The summed E-state index contributed by atoms with van der Waals surface area (Å²) in [6, 6.07) is 4.02. The fourth-order valence-electron chi connectivity index (χ4n) is 2.01. The van der Waals surface area contributed by atoms with Crippen LogP contribution in [-0.4, -0.2) is 19.3 Å². The molecule has 1 aliphatic rings. The second kappa shape index (κ2) is 4.81. The SMILES string of the molecule is Cc1ccc(CNCC2CCOC2C)o1. The average molecular weight is 209 g/mol. The van der Waals surface area contributed by atoms with Crippen LogP contribution in [0.25, 0.3) is 0 Å². The molecule has 2 heterocycles. The number of aryl methyl sites for hydroxylation is 1. The number of furan rings is 1. The van der Waals surface area contributed by atoms with E-state index in [4.69, 9.17) is 9.15 Å². The van der Waals surface area contributed by atoms with Gasteiger partial charge in [0.05, 0.1) is 12.6 Å². The van der Waals surface area contributed by atoms with Crippen LogP contribution in [0.2, 0.25) is 0 Å². The maximum Gasteiger partial charge on any atom is 0.117 e. The largest absolute Gasteiger partial charge is 0.465 e. The van der Waals surface area contributed by atoms with E-state index in [-0.39, 0.29) is 0 Å². The Hall–Kier alpha value is -0.800. The second-order valence-electron chi connectivity index (χ2n) is 4.27. The third kappa shape index (κ3) is 2.83. The molecule has 1 aliphatic heterocycles. The average Bonchev–Trinajstić information content (AvgIpc) is 2.77. The van der Waals surface area contributed by atoms with Crippen molar-refractivity contribution in [3.05, 3.63) is 23.7 Å². The van der Waals surface area contributed by atoms with Gasteiger partial charge < -0.3 is 14.5 Å². The van der Waals surface area contributed by atoms with Crippen LogP contribution in [0, 0.1) is 12.8 Å². The smallest absolute Gasteiger partial charge is 0.117 e. The van der Waals surface area contributed by atoms with E-state index in [0.29, 0.717) is 12.0 Å². The molecule has 2 unspecified atom stereocenters. The fraction of sp³-hybridized carbons (Fsp3) is 0.667. The maximum absolute atomic E-state index is 5.51. The number of hydrogen-bond acceptors (Lipinski definition) is 3. The Morgan fingerprint density at radius 3 is 2.93 bits per heavy atom. The van der Waals surface area contributed by atoms with Crippen molar-refractivity contribution in [3.63, 3.8) is 0 Å². The normalized spacial score (nSPS) is 26.0. The maximum atomic E-state index is 5.51. The van der Waals surface area contributed by atoms with E-state index in [0.717, 1.165) is 31.2 Å². The predicted octanol–water partition coefficient (Wildman–Crippen LogP) is 2.10. The summed E-state index contributed by atoms with van der Waals surface area (Å²) < 4.78 is 11.0. The topological polar surface area (TPSA) is 34.4 Å². The lowest BCUT2D eigenvalue weighted by Crippen LogP contribution is -2.26. The van der Waals surface area contributed by atoms with E-state index >= 15 is 0 Å². The molecule has 1 aromatic rings. The first-order chi connectivity index (χ1) is 7.25. The molecule has 0 amide bonds. The van der Waals surface area contributed by atoms with Gasteiger partial charge in [-0.05, 0) is 38.3 Å². The second-order valence-corrected chi connectivity index (χ2v) is 4.27. The van der Waals surface area contributed by atoms with Crippen LogP contribution < -0.4 is 5.32 Å². The van der Waals surface area contributed by atoms with Gasteiger partial charge in [-0.3, -0.25) is 0 Å². The van der Waals surface area contributed by atoms with Crippen LogP contribution >= 0.6 is 0 Å². The highest BCUT2D eigenvalue weighted by molar-refractivity contribution is 5.05. The molecular formula is C12H19NO2. The molecule has 0 radical (unpaired) electrons. The number of hydrogen-bond donors (Lipinski definition) is 1. The van der Waals surface area contributed by atoms with Crippen molar-refractivity contribution >= 4 is 0 Å². The van der Waals surface area contributed by atoms with E-state index in [2.05, 4.69) is 12.2 Å². The van der Waals surface area contributed by atoms with Crippen LogP contribution in [-0.2, 0) is 11.3 Å². The zero-order valence-corrected chi connectivity index (χ0v) is 9.45. The molecule has 2 rings (SSSR count). The number of ether oxygens (including phenoxy) is 1. The molecular weight excluding hydrogens is 190 g/mol. The van der Waals surface area contributed by atoms with E-state index in [1.54, 1.807) is 0 Å². The van der Waals surface area contributed by atoms with Gasteiger partial charge in [0.1, 0.15) is 11.5 Å². The summed E-state index contributed by atoms with van der Waals surface area (Å²) in [5.41, 5.74) is 0. The summed E-state index contributed by atoms with van der Waals surface area (Å²) >= 11 is 0. The minimum absolute atomic E-state index is 0.399. The van der Waals surface area contributed by atoms with Gasteiger partial charge in [0, 0.05) is 13.2 Å². The molecule has 1 aromatic heterocycles. The molecule has 0 bridgehead atoms. The predicted molar refractivity (Wildman–Crippen MR) is 58.7 cm³/mol. The van der Waals surface area contributed by atoms with Gasteiger partial charge in [0.2, 0.25) is 0 Å². The van der Waals surface area contributed by atoms with Gasteiger partial charge in [0.15, 0.2) is 0 Å². The van der Waals surface area contributed by atoms with Crippen molar-refractivity contribution in [3.8, 4) is 0 Å². The van der Waals surface area contributed by atoms with Crippen LogP contribution in [0.5, 0.6) is 0 Å². The Morgan fingerprint density at radius 1 is 1.47 bits per heavy atom. The van der Waals surface area contributed by atoms with Gasteiger partial charge in [-0.15, -0.1) is 0 Å². The van der Waals surface area contributed by atoms with Crippen molar-refractivity contribution in [2.45, 2.75) is 32.9 Å². The van der Waals surface area contributed by atoms with Crippen molar-refractivity contribution in [1.82, 2.24) is 5.32 Å². The fourth-order valence-corrected chi connectivity index (χ4v) is 2.01. The lowest BCUT2D eigenvalue weighted by Gasteiger charge is -2.13. The number of rotatable bonds is 4. The first kappa shape index (κ1) is 10.7. The first-order valence-corrected chi connectivity index (χ1v) is 5.63. The van der Waals surface area contributed by atoms with Crippen LogP contribution in [0.15, 0.2) is 16.5 Å². The molecule has 2 atom stereocenters. The minimum atomic E-state index is 0.399. The molecule has 0 aliphatic carbocycles. The molecule has 3 nitrogen and oxygen atoms in total. The lowest BCUT2D eigenvalue weighted by atomic mass is 10.0. The van der Waals surface area contributed by atoms with Gasteiger partial charge >= 0.3 is 0 Å². The van der Waals surface area contributed by atoms with Gasteiger partial charge in [-0.25, -0.2) is 0 Å². The van der Waals surface area contributed by atoms with E-state index in [1.165, 1.54) is 6.42 Å². The molecule has 3 heteroatoms. The standard InChI is InChI=1S/C12H19NO2/c1-9-3-4-12(15-9)8-13-7-11-5-6-14-10(11)2/h3-4,10-11,13H,5-8H2,1-2H3. The van der Waals surface area contributed by atoms with Crippen molar-refractivity contribution in [2.75, 3.05) is 13.2 Å². The molecule has 1 N–H and O–H groups in total. The summed E-state index contributed by atoms with van der Waals surface area (Å²) in [5.74, 6) is 2.64. The van der Waals surface area contributed by atoms with E-state index in [9.17, 15) is 0 Å². The van der Waals surface area contributed by atoms with E-state index < -0.39 is 0 Å². The molecule has 84 valence electrons. The van der Waals surface area contributed by atoms with Crippen molar-refractivity contribution < 1.29 is 9.15 Å². The van der Waals surface area contributed by atoms with Crippen molar-refractivity contribution in [2.24, 2.45) is 5.92 Å². The van der Waals surface area contributed by atoms with Crippen LogP contribution in [0.3, 0.4) is 0 Å². The van der Waals surface area contributed by atoms with Crippen molar-refractivity contribution in [1.29, 1.82) is 0 Å². The highest BCUT2D eigenvalue weighted by atomic mass is 16.5. The molecule has 1 saturated heterocycles. The molecule has 0 spiro atoms. The Morgan fingerprint density at radius 2 is 2.33 bits per heavy atom. The van der Waals surface area contributed by atoms with Crippen LogP contribution in [0.1, 0.15) is 24.9 Å². The Balaban J connectivity index is 1.70. The van der Waals surface area contributed by atoms with Crippen LogP contribution in [0.4, 0.5) is 0 Å². The Kier molecular flexibility index (Phi) is 3.44. The summed E-state index contributed by atoms with van der Waals surface area (Å²) in [4.78, 5) is 0. The molecule has 0 aromatic carbocycles. The van der Waals surface area contributed by atoms with Gasteiger partial charge in [0.25, 0.3) is 0 Å². The summed E-state index contributed by atoms with van der Waals surface area (Å²) in [5, 5.41) is 3.41. The Labute approximate surface area is 90.8 Å². The lowest BCUT2D eigenvalue weighted by molar-refractivity contribution is 0.105. The van der Waals surface area contributed by atoms with E-state index in [1.807, 2.05) is 19.1 Å². The molecule has 0 saturated carbocycles. The monoisotopic (exact) mass is 209 g/mol. The summed E-state index contributed by atoms with van der Waals surface area (Å²) in [6.45, 7) is 6.86.